The lowest BCUT2D eigenvalue weighted by Crippen LogP contribution is -2.41. The summed E-state index contributed by atoms with van der Waals surface area (Å²) < 4.78 is 13.8. The molecule has 2 aliphatic rings. The molecular weight excluding hydrogens is 217 g/mol. The number of nitrogens with zero attached hydrogens (tertiary/aromatic N) is 1. The molecule has 2 fully saturated rings. The van der Waals surface area contributed by atoms with E-state index in [1.807, 2.05) is 16.7 Å². The van der Waals surface area contributed by atoms with Crippen molar-refractivity contribution < 1.29 is 14.3 Å². The number of carbonyl (C=O) groups is 1. The van der Waals surface area contributed by atoms with Gasteiger partial charge in [0.05, 0.1) is 0 Å². The van der Waals surface area contributed by atoms with Crippen molar-refractivity contribution in [3.05, 3.63) is 0 Å². The van der Waals surface area contributed by atoms with Crippen LogP contribution in [0.15, 0.2) is 0 Å². The van der Waals surface area contributed by atoms with Crippen molar-refractivity contribution in [2.24, 2.45) is 0 Å². The topological polar surface area (TPSA) is 40.5 Å². The molecule has 2 rings (SSSR count). The number of rotatable bonds is 2. The number of hydrogen-bond donors (Lipinski definition) is 1. The summed E-state index contributed by atoms with van der Waals surface area (Å²) in [6.45, 7) is 0.676. The van der Waals surface area contributed by atoms with Crippen LogP contribution in [0.2, 0.25) is 0 Å². The first-order valence-electron chi connectivity index (χ1n) is 5.36. The second kappa shape index (κ2) is 4.29. The minimum absolute atomic E-state index is 0.0810. The Morgan fingerprint density at radius 3 is 2.67 bits per heavy atom. The normalized spacial score (nSPS) is 34.5. The molecule has 2 aliphatic heterocycles. The molecule has 0 aromatic heterocycles. The number of aliphatic carboxylic acids is 1. The molecular formula is C10H16FNO2S. The van der Waals surface area contributed by atoms with Crippen molar-refractivity contribution >= 4 is 17.7 Å². The molecule has 0 aromatic rings. The van der Waals surface area contributed by atoms with Crippen LogP contribution in [0, 0.1) is 0 Å². The zero-order valence-electron chi connectivity index (χ0n) is 8.62. The SMILES string of the molecule is O=C(O)C1(F)CCN(C2CCSCC2)C1. The van der Waals surface area contributed by atoms with Crippen molar-refractivity contribution in [3.63, 3.8) is 0 Å². The smallest absolute Gasteiger partial charge is 0.342 e. The van der Waals surface area contributed by atoms with E-state index in [1.165, 1.54) is 0 Å². The van der Waals surface area contributed by atoms with Crippen LogP contribution >= 0.6 is 11.8 Å². The second-order valence-electron chi connectivity index (χ2n) is 4.33. The van der Waals surface area contributed by atoms with Crippen LogP contribution in [0.4, 0.5) is 4.39 Å². The predicted molar refractivity (Wildman–Crippen MR) is 58.0 cm³/mol. The minimum atomic E-state index is -2.00. The standard InChI is InChI=1S/C10H16FNO2S/c11-10(9(13)14)3-4-12(7-10)8-1-5-15-6-2-8/h8H,1-7H2,(H,13,14). The Kier molecular flexibility index (Phi) is 3.21. The maximum Gasteiger partial charge on any atom is 0.342 e. The first-order valence-corrected chi connectivity index (χ1v) is 6.51. The fraction of sp³-hybridized carbons (Fsp3) is 0.900. The van der Waals surface area contributed by atoms with Gasteiger partial charge in [0.25, 0.3) is 0 Å². The number of likely N-dealkylation sites (tertiary alicyclic amines) is 1. The average Bonchev–Trinajstić information content (AvgIpc) is 2.64. The van der Waals surface area contributed by atoms with E-state index in [-0.39, 0.29) is 13.0 Å². The van der Waals surface area contributed by atoms with Crippen LogP contribution in [0.1, 0.15) is 19.3 Å². The van der Waals surface area contributed by atoms with E-state index in [9.17, 15) is 9.18 Å². The average molecular weight is 233 g/mol. The van der Waals surface area contributed by atoms with Gasteiger partial charge in [0.2, 0.25) is 5.67 Å². The van der Waals surface area contributed by atoms with Crippen LogP contribution < -0.4 is 0 Å². The summed E-state index contributed by atoms with van der Waals surface area (Å²) in [5.41, 5.74) is -2.00. The number of thioether (sulfide) groups is 1. The van der Waals surface area contributed by atoms with E-state index >= 15 is 0 Å². The number of carboxylic acid groups (broad SMARTS) is 1. The minimum Gasteiger partial charge on any atom is -0.479 e. The molecule has 15 heavy (non-hydrogen) atoms. The molecule has 0 saturated carbocycles. The van der Waals surface area contributed by atoms with Gasteiger partial charge in [0.15, 0.2) is 0 Å². The third kappa shape index (κ3) is 2.28. The number of carboxylic acids is 1. The van der Waals surface area contributed by atoms with Gasteiger partial charge in [-0.15, -0.1) is 0 Å². The van der Waals surface area contributed by atoms with Crippen LogP contribution in [-0.2, 0) is 4.79 Å². The lowest BCUT2D eigenvalue weighted by atomic mass is 10.1. The Morgan fingerprint density at radius 1 is 1.47 bits per heavy atom. The Hall–Kier alpha value is -0.290. The molecule has 2 saturated heterocycles. The quantitative estimate of drug-likeness (QED) is 0.782. The summed E-state index contributed by atoms with van der Waals surface area (Å²) >= 11 is 1.93. The summed E-state index contributed by atoms with van der Waals surface area (Å²) in [5, 5.41) is 8.78. The Balaban J connectivity index is 1.94. The maximum atomic E-state index is 13.8. The Labute approximate surface area is 93.0 Å². The summed E-state index contributed by atoms with van der Waals surface area (Å²) in [5.74, 6) is 0.941. The van der Waals surface area contributed by atoms with E-state index in [0.29, 0.717) is 12.6 Å². The second-order valence-corrected chi connectivity index (χ2v) is 5.56. The van der Waals surface area contributed by atoms with E-state index in [2.05, 4.69) is 0 Å². The molecule has 0 spiro atoms. The molecule has 1 unspecified atom stereocenters. The van der Waals surface area contributed by atoms with Crippen LogP contribution in [0.25, 0.3) is 0 Å². The molecule has 0 aromatic carbocycles. The van der Waals surface area contributed by atoms with Crippen LogP contribution in [-0.4, -0.2) is 52.3 Å². The largest absolute Gasteiger partial charge is 0.479 e. The van der Waals surface area contributed by atoms with E-state index in [4.69, 9.17) is 5.11 Å². The fourth-order valence-electron chi connectivity index (χ4n) is 2.34. The predicted octanol–water partition coefficient (Wildman–Crippen LogP) is 1.38. The van der Waals surface area contributed by atoms with E-state index in [0.717, 1.165) is 24.3 Å². The van der Waals surface area contributed by atoms with Gasteiger partial charge in [-0.3, -0.25) is 4.90 Å². The van der Waals surface area contributed by atoms with Crippen molar-refractivity contribution in [1.29, 1.82) is 0 Å². The van der Waals surface area contributed by atoms with Crippen LogP contribution in [0.5, 0.6) is 0 Å². The zero-order valence-corrected chi connectivity index (χ0v) is 9.43. The highest BCUT2D eigenvalue weighted by Crippen LogP contribution is 2.31. The van der Waals surface area contributed by atoms with Crippen molar-refractivity contribution in [2.45, 2.75) is 31.0 Å². The number of halogens is 1. The van der Waals surface area contributed by atoms with Gasteiger partial charge in [0.1, 0.15) is 0 Å². The van der Waals surface area contributed by atoms with Crippen molar-refractivity contribution in [3.8, 4) is 0 Å². The highest BCUT2D eigenvalue weighted by Gasteiger charge is 2.46. The fourth-order valence-corrected chi connectivity index (χ4v) is 3.42. The van der Waals surface area contributed by atoms with Gasteiger partial charge in [-0.25, -0.2) is 9.18 Å². The maximum absolute atomic E-state index is 13.8. The summed E-state index contributed by atoms with van der Waals surface area (Å²) in [6, 6.07) is 0.406. The molecule has 5 heteroatoms. The Morgan fingerprint density at radius 2 is 2.13 bits per heavy atom. The van der Waals surface area contributed by atoms with E-state index < -0.39 is 11.6 Å². The Bertz CT molecular complexity index is 258. The highest BCUT2D eigenvalue weighted by atomic mass is 32.2. The molecule has 0 amide bonds. The lowest BCUT2D eigenvalue weighted by molar-refractivity contribution is -0.150. The monoisotopic (exact) mass is 233 g/mol. The highest BCUT2D eigenvalue weighted by molar-refractivity contribution is 7.99. The van der Waals surface area contributed by atoms with Gasteiger partial charge in [0, 0.05) is 25.6 Å². The zero-order chi connectivity index (χ0) is 10.9. The molecule has 86 valence electrons. The van der Waals surface area contributed by atoms with Gasteiger partial charge < -0.3 is 5.11 Å². The molecule has 0 bridgehead atoms. The van der Waals surface area contributed by atoms with E-state index in [1.54, 1.807) is 0 Å². The number of alkyl halides is 1. The first-order chi connectivity index (χ1) is 7.12. The van der Waals surface area contributed by atoms with Gasteiger partial charge in [-0.05, 0) is 24.3 Å². The van der Waals surface area contributed by atoms with Crippen LogP contribution in [0.3, 0.4) is 0 Å². The molecule has 2 heterocycles. The molecule has 0 aliphatic carbocycles. The summed E-state index contributed by atoms with van der Waals surface area (Å²) in [6.07, 6.45) is 2.28. The van der Waals surface area contributed by atoms with Crippen molar-refractivity contribution in [2.75, 3.05) is 24.6 Å². The number of hydrogen-bond acceptors (Lipinski definition) is 3. The molecule has 0 radical (unpaired) electrons. The van der Waals surface area contributed by atoms with Gasteiger partial charge in [-0.2, -0.15) is 11.8 Å². The molecule has 1 N–H and O–H groups in total. The molecule has 1 atom stereocenters. The first kappa shape index (κ1) is 11.2. The summed E-state index contributed by atoms with van der Waals surface area (Å²) in [4.78, 5) is 12.8. The van der Waals surface area contributed by atoms with Gasteiger partial charge >= 0.3 is 5.97 Å². The summed E-state index contributed by atoms with van der Waals surface area (Å²) in [7, 11) is 0. The molecule has 3 nitrogen and oxygen atoms in total. The van der Waals surface area contributed by atoms with Gasteiger partial charge in [-0.1, -0.05) is 0 Å². The van der Waals surface area contributed by atoms with Crippen molar-refractivity contribution in [1.82, 2.24) is 4.90 Å². The third-order valence-corrected chi connectivity index (χ3v) is 4.39. The lowest BCUT2D eigenvalue weighted by Gasteiger charge is -2.30. The third-order valence-electron chi connectivity index (χ3n) is 3.34.